The number of pyridine rings is 1. The average molecular weight is 179 g/mol. The van der Waals surface area contributed by atoms with E-state index in [1.54, 1.807) is 6.20 Å². The molecule has 0 aliphatic carbocycles. The summed E-state index contributed by atoms with van der Waals surface area (Å²) in [5, 5.41) is 3.06. The van der Waals surface area contributed by atoms with E-state index in [0.717, 1.165) is 16.5 Å². The Morgan fingerprint density at radius 2 is 2.42 bits per heavy atom. The van der Waals surface area contributed by atoms with Gasteiger partial charge in [-0.2, -0.15) is 0 Å². The van der Waals surface area contributed by atoms with Crippen LogP contribution in [0.4, 0.5) is 0 Å². The topological polar surface area (TPSA) is 32.9 Å². The third-order valence-corrected chi connectivity index (χ3v) is 2.89. The highest BCUT2D eigenvalue weighted by Gasteiger charge is 2.02. The van der Waals surface area contributed by atoms with Gasteiger partial charge in [0.1, 0.15) is 0 Å². The van der Waals surface area contributed by atoms with E-state index in [1.165, 1.54) is 16.9 Å². The van der Waals surface area contributed by atoms with Crippen LogP contribution in [0, 0.1) is 0 Å². The lowest BCUT2D eigenvalue weighted by Crippen LogP contribution is -2.04. The molecule has 0 amide bonds. The molecule has 0 unspecified atom stereocenters. The normalized spacial score (nSPS) is 10.8. The Morgan fingerprint density at radius 3 is 3.17 bits per heavy atom. The molecule has 0 bridgehead atoms. The van der Waals surface area contributed by atoms with Crippen molar-refractivity contribution in [3.05, 3.63) is 33.6 Å². The number of nitrogens with one attached hydrogen (secondary N) is 1. The van der Waals surface area contributed by atoms with E-state index < -0.39 is 0 Å². The van der Waals surface area contributed by atoms with Gasteiger partial charge in [0.25, 0.3) is 5.56 Å². The molecule has 1 N–H and O–H groups in total. The summed E-state index contributed by atoms with van der Waals surface area (Å²) in [4.78, 5) is 14.0. The van der Waals surface area contributed by atoms with E-state index >= 15 is 0 Å². The lowest BCUT2D eigenvalue weighted by atomic mass is 10.1. The summed E-state index contributed by atoms with van der Waals surface area (Å²) in [6.45, 7) is 2.09. The zero-order valence-electron chi connectivity index (χ0n) is 6.76. The molecule has 0 radical (unpaired) electrons. The lowest BCUT2D eigenvalue weighted by Gasteiger charge is -1.96. The van der Waals surface area contributed by atoms with Gasteiger partial charge in [0.15, 0.2) is 0 Å². The smallest absolute Gasteiger partial charge is 0.265 e. The van der Waals surface area contributed by atoms with Crippen LogP contribution in [0.25, 0.3) is 10.1 Å². The molecule has 0 saturated heterocycles. The lowest BCUT2D eigenvalue weighted by molar-refractivity contribution is 1.12. The number of hydrogen-bond acceptors (Lipinski definition) is 2. The van der Waals surface area contributed by atoms with Crippen LogP contribution in [0.15, 0.2) is 22.4 Å². The molecular formula is C9H9NOS. The van der Waals surface area contributed by atoms with Crippen LogP contribution in [0.5, 0.6) is 0 Å². The van der Waals surface area contributed by atoms with Gasteiger partial charge < -0.3 is 4.98 Å². The van der Waals surface area contributed by atoms with Crippen molar-refractivity contribution in [2.45, 2.75) is 13.3 Å². The van der Waals surface area contributed by atoms with Gasteiger partial charge in [0.2, 0.25) is 0 Å². The molecule has 0 saturated carbocycles. The highest BCUT2D eigenvalue weighted by molar-refractivity contribution is 7.17. The number of H-pyrrole nitrogens is 1. The number of rotatable bonds is 1. The SMILES string of the molecule is CCc1c[nH]c(=O)c2sccc12. The van der Waals surface area contributed by atoms with Crippen LogP contribution in [-0.4, -0.2) is 4.98 Å². The maximum Gasteiger partial charge on any atom is 0.265 e. The zero-order chi connectivity index (χ0) is 8.55. The van der Waals surface area contributed by atoms with E-state index in [9.17, 15) is 4.79 Å². The maximum absolute atomic E-state index is 11.3. The van der Waals surface area contributed by atoms with Gasteiger partial charge in [0, 0.05) is 11.6 Å². The molecule has 12 heavy (non-hydrogen) atoms. The largest absolute Gasteiger partial charge is 0.328 e. The molecule has 0 spiro atoms. The number of aromatic nitrogens is 1. The number of thiophene rings is 1. The van der Waals surface area contributed by atoms with Crippen LogP contribution in [0.3, 0.4) is 0 Å². The molecule has 0 aliphatic heterocycles. The fourth-order valence-corrected chi connectivity index (χ4v) is 2.16. The Labute approximate surface area is 73.9 Å². The molecule has 0 aliphatic rings. The highest BCUT2D eigenvalue weighted by atomic mass is 32.1. The molecule has 2 aromatic rings. The van der Waals surface area contributed by atoms with Crippen molar-refractivity contribution in [3.63, 3.8) is 0 Å². The van der Waals surface area contributed by atoms with Gasteiger partial charge in [-0.1, -0.05) is 6.92 Å². The second-order valence-electron chi connectivity index (χ2n) is 2.66. The summed E-state index contributed by atoms with van der Waals surface area (Å²) in [5.41, 5.74) is 1.24. The summed E-state index contributed by atoms with van der Waals surface area (Å²) >= 11 is 1.50. The number of hydrogen-bond donors (Lipinski definition) is 1. The Morgan fingerprint density at radius 1 is 1.58 bits per heavy atom. The van der Waals surface area contributed by atoms with Gasteiger partial charge in [-0.25, -0.2) is 0 Å². The standard InChI is InChI=1S/C9H9NOS/c1-2-6-5-10-9(11)8-7(6)3-4-12-8/h3-5H,2H2,1H3,(H,10,11). The molecule has 0 fully saturated rings. The predicted octanol–water partition coefficient (Wildman–Crippen LogP) is 2.15. The zero-order valence-corrected chi connectivity index (χ0v) is 7.57. The van der Waals surface area contributed by atoms with E-state index in [1.807, 2.05) is 11.4 Å². The predicted molar refractivity (Wildman–Crippen MR) is 51.8 cm³/mol. The van der Waals surface area contributed by atoms with Crippen LogP contribution >= 0.6 is 11.3 Å². The molecule has 3 heteroatoms. The van der Waals surface area contributed by atoms with Crippen LogP contribution in [-0.2, 0) is 6.42 Å². The van der Waals surface area contributed by atoms with Gasteiger partial charge in [-0.3, -0.25) is 4.79 Å². The monoisotopic (exact) mass is 179 g/mol. The summed E-state index contributed by atoms with van der Waals surface area (Å²) < 4.78 is 0.842. The minimum Gasteiger partial charge on any atom is -0.328 e. The number of aromatic amines is 1. The van der Waals surface area contributed by atoms with Crippen molar-refractivity contribution in [2.24, 2.45) is 0 Å². The molecule has 2 heterocycles. The minimum absolute atomic E-state index is 0.0252. The number of aryl methyl sites for hydroxylation is 1. The molecule has 2 aromatic heterocycles. The maximum atomic E-state index is 11.3. The second-order valence-corrected chi connectivity index (χ2v) is 3.58. The summed E-state index contributed by atoms with van der Waals surface area (Å²) in [6.07, 6.45) is 2.77. The first-order valence-electron chi connectivity index (χ1n) is 3.90. The van der Waals surface area contributed by atoms with Crippen molar-refractivity contribution in [3.8, 4) is 0 Å². The van der Waals surface area contributed by atoms with E-state index in [2.05, 4.69) is 11.9 Å². The summed E-state index contributed by atoms with van der Waals surface area (Å²) in [7, 11) is 0. The Balaban J connectivity index is 2.92. The molecule has 2 rings (SSSR count). The van der Waals surface area contributed by atoms with E-state index in [4.69, 9.17) is 0 Å². The summed E-state index contributed by atoms with van der Waals surface area (Å²) in [6, 6.07) is 2.01. The Bertz CT molecular complexity index is 455. The fourth-order valence-electron chi connectivity index (χ4n) is 1.33. The van der Waals surface area contributed by atoms with Gasteiger partial charge in [-0.05, 0) is 23.4 Å². The third-order valence-electron chi connectivity index (χ3n) is 1.98. The molecule has 62 valence electrons. The number of fused-ring (bicyclic) bond motifs is 1. The van der Waals surface area contributed by atoms with Gasteiger partial charge in [-0.15, -0.1) is 11.3 Å². The van der Waals surface area contributed by atoms with Crippen LogP contribution in [0.2, 0.25) is 0 Å². The van der Waals surface area contributed by atoms with Crippen molar-refractivity contribution in [1.29, 1.82) is 0 Å². The first kappa shape index (κ1) is 7.55. The molecule has 0 atom stereocenters. The fraction of sp³-hybridized carbons (Fsp3) is 0.222. The highest BCUT2D eigenvalue weighted by Crippen LogP contribution is 2.19. The van der Waals surface area contributed by atoms with Crippen LogP contribution < -0.4 is 5.56 Å². The van der Waals surface area contributed by atoms with Gasteiger partial charge >= 0.3 is 0 Å². The molecule has 2 nitrogen and oxygen atoms in total. The van der Waals surface area contributed by atoms with E-state index in [0.29, 0.717) is 0 Å². The average Bonchev–Trinajstić information content (AvgIpc) is 2.54. The second kappa shape index (κ2) is 2.75. The first-order valence-corrected chi connectivity index (χ1v) is 4.78. The third kappa shape index (κ3) is 0.975. The van der Waals surface area contributed by atoms with Crippen molar-refractivity contribution in [1.82, 2.24) is 4.98 Å². The molecular weight excluding hydrogens is 170 g/mol. The minimum atomic E-state index is 0.0252. The van der Waals surface area contributed by atoms with E-state index in [-0.39, 0.29) is 5.56 Å². The van der Waals surface area contributed by atoms with Gasteiger partial charge in [0.05, 0.1) is 4.70 Å². The summed E-state index contributed by atoms with van der Waals surface area (Å²) in [5.74, 6) is 0. The Hall–Kier alpha value is -1.09. The Kier molecular flexibility index (Phi) is 1.73. The van der Waals surface area contributed by atoms with Crippen molar-refractivity contribution in [2.75, 3.05) is 0 Å². The van der Waals surface area contributed by atoms with Crippen molar-refractivity contribution >= 4 is 21.4 Å². The molecule has 0 aromatic carbocycles. The first-order chi connectivity index (χ1) is 5.83. The van der Waals surface area contributed by atoms with Crippen LogP contribution in [0.1, 0.15) is 12.5 Å². The van der Waals surface area contributed by atoms with Crippen molar-refractivity contribution < 1.29 is 0 Å². The quantitative estimate of drug-likeness (QED) is 0.714.